The SMILES string of the molecule is C[C@H]([C@@H](O[Si](C)(C)C(C)(C)C)[C@H](O[Si](C)(C)C(C)(C)C)[C@@H](C)P(c1ccccc1)c1ccccc1)P(c1ccccc1)c1ccccc1. The monoisotopic (exact) mass is 714 g/mol. The average Bonchev–Trinajstić information content (AvgIpc) is 3.04. The van der Waals surface area contributed by atoms with Gasteiger partial charge in [0.1, 0.15) is 0 Å². The Morgan fingerprint density at radius 3 is 0.812 bits per heavy atom. The molecular formula is C42H60O2P2Si2. The summed E-state index contributed by atoms with van der Waals surface area (Å²) in [5, 5.41) is 5.68. The first kappa shape index (κ1) is 38.9. The minimum absolute atomic E-state index is 0.0571. The Kier molecular flexibility index (Phi) is 12.9. The molecule has 4 rings (SSSR count). The Labute approximate surface area is 297 Å². The van der Waals surface area contributed by atoms with Crippen LogP contribution in [0.4, 0.5) is 0 Å². The minimum atomic E-state index is -2.25. The minimum Gasteiger partial charge on any atom is -0.411 e. The van der Waals surface area contributed by atoms with Gasteiger partial charge in [-0.25, -0.2) is 0 Å². The fourth-order valence-corrected chi connectivity index (χ4v) is 14.3. The van der Waals surface area contributed by atoms with E-state index in [0.29, 0.717) is 0 Å². The lowest BCUT2D eigenvalue weighted by atomic mass is 10.1. The topological polar surface area (TPSA) is 18.5 Å². The molecule has 0 amide bonds. The van der Waals surface area contributed by atoms with Crippen LogP contribution in [-0.4, -0.2) is 40.2 Å². The van der Waals surface area contributed by atoms with Crippen molar-refractivity contribution >= 4 is 53.7 Å². The molecule has 0 aliphatic carbocycles. The first-order chi connectivity index (χ1) is 22.4. The van der Waals surface area contributed by atoms with E-state index in [0.717, 1.165) is 0 Å². The van der Waals surface area contributed by atoms with E-state index in [1.54, 1.807) is 0 Å². The van der Waals surface area contributed by atoms with E-state index in [4.69, 9.17) is 8.85 Å². The highest BCUT2D eigenvalue weighted by atomic mass is 31.1. The van der Waals surface area contributed by atoms with E-state index in [9.17, 15) is 0 Å². The first-order valence-electron chi connectivity index (χ1n) is 17.6. The summed E-state index contributed by atoms with van der Waals surface area (Å²) in [7, 11) is -6.01. The normalized spacial score (nSPS) is 15.7. The summed E-state index contributed by atoms with van der Waals surface area (Å²) >= 11 is 0. The van der Waals surface area contributed by atoms with Crippen LogP contribution in [0.1, 0.15) is 55.4 Å². The molecule has 0 heterocycles. The lowest BCUT2D eigenvalue weighted by Crippen LogP contribution is -2.58. The number of rotatable bonds is 13. The molecule has 2 nitrogen and oxygen atoms in total. The van der Waals surface area contributed by atoms with Crippen molar-refractivity contribution in [1.29, 1.82) is 0 Å². The molecule has 6 heteroatoms. The Hall–Kier alpha value is -1.91. The predicted molar refractivity (Wildman–Crippen MR) is 221 cm³/mol. The number of hydrogen-bond donors (Lipinski definition) is 0. The van der Waals surface area contributed by atoms with Gasteiger partial charge in [0.05, 0.1) is 12.2 Å². The molecule has 0 aliphatic heterocycles. The van der Waals surface area contributed by atoms with E-state index >= 15 is 0 Å². The Bertz CT molecular complexity index is 1340. The lowest BCUT2D eigenvalue weighted by molar-refractivity contribution is 0.0365. The zero-order valence-electron chi connectivity index (χ0n) is 31.6. The van der Waals surface area contributed by atoms with Crippen molar-refractivity contribution in [2.75, 3.05) is 0 Å². The highest BCUT2D eigenvalue weighted by Crippen LogP contribution is 2.51. The fraction of sp³-hybridized carbons (Fsp3) is 0.429. The van der Waals surface area contributed by atoms with Crippen molar-refractivity contribution in [1.82, 2.24) is 0 Å². The van der Waals surface area contributed by atoms with Gasteiger partial charge < -0.3 is 8.85 Å². The van der Waals surface area contributed by atoms with Gasteiger partial charge in [-0.1, -0.05) is 177 Å². The van der Waals surface area contributed by atoms with E-state index < -0.39 is 32.5 Å². The summed E-state index contributed by atoms with van der Waals surface area (Å²) in [5.41, 5.74) is 0.416. The third-order valence-corrected chi connectivity index (χ3v) is 25.3. The van der Waals surface area contributed by atoms with Crippen LogP contribution in [-0.2, 0) is 8.85 Å². The summed E-state index contributed by atoms with van der Waals surface area (Å²) in [4.78, 5) is 0. The van der Waals surface area contributed by atoms with Crippen molar-refractivity contribution in [3.63, 3.8) is 0 Å². The predicted octanol–water partition coefficient (Wildman–Crippen LogP) is 10.8. The molecule has 4 aromatic rings. The second-order valence-electron chi connectivity index (χ2n) is 16.2. The summed E-state index contributed by atoms with van der Waals surface area (Å²) < 4.78 is 15.6. The van der Waals surface area contributed by atoms with Crippen LogP contribution in [0.25, 0.3) is 0 Å². The van der Waals surface area contributed by atoms with Crippen molar-refractivity contribution in [2.24, 2.45) is 0 Å². The third-order valence-electron chi connectivity index (χ3n) is 10.7. The molecule has 258 valence electrons. The van der Waals surface area contributed by atoms with E-state index in [1.165, 1.54) is 21.2 Å². The molecule has 0 bridgehead atoms. The largest absolute Gasteiger partial charge is 0.411 e. The number of hydrogen-bond acceptors (Lipinski definition) is 2. The standard InChI is InChI=1S/C42H60O2P2Si2/c1-33(45(35-25-17-13-18-26-35)36-27-19-14-20-28-36)39(43-47(9,10)41(3,4)5)40(44-48(11,12)42(6,7)8)34(2)46(37-29-21-15-22-30-37)38-31-23-16-24-32-38/h13-34,39-40H,1-12H3/t33-,34-,39-,40-/m1/s1. The van der Waals surface area contributed by atoms with E-state index in [2.05, 4.69) is 203 Å². The molecule has 0 unspecified atom stereocenters. The van der Waals surface area contributed by atoms with E-state index in [-0.39, 0.29) is 33.6 Å². The molecule has 0 N–H and O–H groups in total. The molecule has 4 aromatic carbocycles. The van der Waals surface area contributed by atoms with Gasteiger partial charge in [0, 0.05) is 11.3 Å². The van der Waals surface area contributed by atoms with Crippen LogP contribution in [0.5, 0.6) is 0 Å². The fourth-order valence-electron chi connectivity index (χ4n) is 5.80. The van der Waals surface area contributed by atoms with Crippen LogP contribution in [0.3, 0.4) is 0 Å². The molecule has 4 atom stereocenters. The van der Waals surface area contributed by atoms with Crippen molar-refractivity contribution in [3.05, 3.63) is 121 Å². The maximum absolute atomic E-state index is 7.81. The molecule has 0 saturated carbocycles. The zero-order valence-corrected chi connectivity index (χ0v) is 35.4. The van der Waals surface area contributed by atoms with Crippen molar-refractivity contribution in [2.45, 2.75) is 115 Å². The first-order valence-corrected chi connectivity index (χ1v) is 26.2. The summed E-state index contributed by atoms with van der Waals surface area (Å²) in [6.07, 6.45) is -0.196. The summed E-state index contributed by atoms with van der Waals surface area (Å²) in [6.45, 7) is 28.8. The Balaban J connectivity index is 1.99. The summed E-state index contributed by atoms with van der Waals surface area (Å²) in [6, 6.07) is 44.7. The van der Waals surface area contributed by atoms with E-state index in [1.807, 2.05) is 0 Å². The van der Waals surface area contributed by atoms with Crippen molar-refractivity contribution < 1.29 is 8.85 Å². The van der Waals surface area contributed by atoms with Crippen LogP contribution in [0.2, 0.25) is 36.3 Å². The van der Waals surface area contributed by atoms with Gasteiger partial charge in [-0.3, -0.25) is 0 Å². The molecular weight excluding hydrogens is 655 g/mol. The quantitative estimate of drug-likeness (QED) is 0.101. The maximum Gasteiger partial charge on any atom is 0.192 e. The molecule has 48 heavy (non-hydrogen) atoms. The average molecular weight is 715 g/mol. The second-order valence-corrected chi connectivity index (χ2v) is 30.9. The van der Waals surface area contributed by atoms with Gasteiger partial charge in [0.15, 0.2) is 16.6 Å². The van der Waals surface area contributed by atoms with Gasteiger partial charge in [0.25, 0.3) is 0 Å². The summed E-state index contributed by atoms with van der Waals surface area (Å²) in [5.74, 6) is 0. The number of benzene rings is 4. The van der Waals surface area contributed by atoms with Crippen LogP contribution in [0.15, 0.2) is 121 Å². The Morgan fingerprint density at radius 2 is 0.625 bits per heavy atom. The molecule has 0 radical (unpaired) electrons. The van der Waals surface area contributed by atoms with Crippen LogP contribution >= 0.6 is 15.8 Å². The smallest absolute Gasteiger partial charge is 0.192 e. The molecule has 0 saturated heterocycles. The van der Waals surface area contributed by atoms with Crippen LogP contribution < -0.4 is 21.2 Å². The maximum atomic E-state index is 7.81. The molecule has 0 aliphatic rings. The molecule has 0 fully saturated rings. The zero-order chi connectivity index (χ0) is 35.3. The highest BCUT2D eigenvalue weighted by molar-refractivity contribution is 7.74. The Morgan fingerprint density at radius 1 is 0.417 bits per heavy atom. The van der Waals surface area contributed by atoms with Gasteiger partial charge in [-0.15, -0.1) is 0 Å². The highest BCUT2D eigenvalue weighted by Gasteiger charge is 2.50. The van der Waals surface area contributed by atoms with Gasteiger partial charge >= 0.3 is 0 Å². The lowest BCUT2D eigenvalue weighted by Gasteiger charge is -2.50. The van der Waals surface area contributed by atoms with Gasteiger partial charge in [-0.2, -0.15) is 0 Å². The molecule has 0 aromatic heterocycles. The van der Waals surface area contributed by atoms with Crippen molar-refractivity contribution in [3.8, 4) is 0 Å². The third kappa shape index (κ3) is 9.25. The molecule has 0 spiro atoms. The van der Waals surface area contributed by atoms with Crippen LogP contribution in [0, 0.1) is 0 Å². The second kappa shape index (κ2) is 16.0. The van der Waals surface area contributed by atoms with Gasteiger partial charge in [-0.05, 0) is 73.3 Å². The van der Waals surface area contributed by atoms with Gasteiger partial charge in [0.2, 0.25) is 0 Å².